The lowest BCUT2D eigenvalue weighted by molar-refractivity contribution is -0.142. The molecule has 0 fully saturated rings. The molecule has 0 N–H and O–H groups in total. The second-order valence-corrected chi connectivity index (χ2v) is 4.25. The topological polar surface area (TPSA) is 39.2 Å². The summed E-state index contributed by atoms with van der Waals surface area (Å²) in [6, 6.07) is 3.23. The highest BCUT2D eigenvalue weighted by molar-refractivity contribution is 5.91. The number of fused-ring (bicyclic) bond motifs is 1. The molecule has 2 aromatic rings. The van der Waals surface area contributed by atoms with Crippen LogP contribution in [0, 0.1) is 5.82 Å². The van der Waals surface area contributed by atoms with Crippen LogP contribution in [-0.4, -0.2) is 17.6 Å². The minimum atomic E-state index is -0.413. The van der Waals surface area contributed by atoms with Gasteiger partial charge in [0.2, 0.25) is 0 Å². The van der Waals surface area contributed by atoms with Crippen molar-refractivity contribution >= 4 is 16.7 Å². The average Bonchev–Trinajstić information content (AvgIpc) is 2.42. The zero-order chi connectivity index (χ0) is 13.8. The van der Waals surface area contributed by atoms with Crippen molar-refractivity contribution in [3.63, 3.8) is 0 Å². The summed E-state index contributed by atoms with van der Waals surface area (Å²) in [5, 5.41) is 1.63. The van der Waals surface area contributed by atoms with Gasteiger partial charge in [-0.05, 0) is 36.4 Å². The van der Waals surface area contributed by atoms with Crippen molar-refractivity contribution in [1.82, 2.24) is 4.98 Å². The highest BCUT2D eigenvalue weighted by atomic mass is 19.1. The summed E-state index contributed by atoms with van der Waals surface area (Å²) in [5.41, 5.74) is 1.28. The Bertz CT molecular complexity index is 610. The van der Waals surface area contributed by atoms with E-state index in [1.165, 1.54) is 6.07 Å². The van der Waals surface area contributed by atoms with Crippen LogP contribution in [0.3, 0.4) is 0 Å². The van der Waals surface area contributed by atoms with Crippen LogP contribution in [0.4, 0.5) is 4.39 Å². The zero-order valence-electron chi connectivity index (χ0n) is 11.1. The van der Waals surface area contributed by atoms with Crippen LogP contribution >= 0.6 is 0 Å². The number of ether oxygens (including phenoxy) is 1. The predicted octanol–water partition coefficient (Wildman–Crippen LogP) is 3.04. The fourth-order valence-electron chi connectivity index (χ4n) is 2.19. The smallest absolute Gasteiger partial charge is 0.310 e. The molecular formula is C15H16FNO2. The van der Waals surface area contributed by atoms with Gasteiger partial charge < -0.3 is 4.74 Å². The van der Waals surface area contributed by atoms with E-state index >= 15 is 0 Å². The lowest BCUT2D eigenvalue weighted by atomic mass is 9.97. The lowest BCUT2D eigenvalue weighted by Gasteiger charge is -2.11. The summed E-state index contributed by atoms with van der Waals surface area (Å²) < 4.78 is 19.0. The molecule has 3 nitrogen and oxygen atoms in total. The van der Waals surface area contributed by atoms with Gasteiger partial charge in [0.1, 0.15) is 5.82 Å². The van der Waals surface area contributed by atoms with E-state index in [9.17, 15) is 9.18 Å². The average molecular weight is 261 g/mol. The Kier molecular flexibility index (Phi) is 4.10. The number of aryl methyl sites for hydroxylation is 1. The summed E-state index contributed by atoms with van der Waals surface area (Å²) in [6.45, 7) is 4.00. The first-order valence-electron chi connectivity index (χ1n) is 6.37. The number of nitrogens with zero attached hydrogens (tertiary/aromatic N) is 1. The number of pyridine rings is 1. The van der Waals surface area contributed by atoms with Crippen LogP contribution in [0.15, 0.2) is 24.5 Å². The van der Waals surface area contributed by atoms with Gasteiger partial charge in [0, 0.05) is 23.3 Å². The number of benzene rings is 1. The molecule has 2 rings (SSSR count). The second-order valence-electron chi connectivity index (χ2n) is 4.25. The largest absolute Gasteiger partial charge is 0.466 e. The molecule has 0 aliphatic rings. The third-order valence-corrected chi connectivity index (χ3v) is 3.09. The number of esters is 1. The number of hydrogen-bond acceptors (Lipinski definition) is 3. The zero-order valence-corrected chi connectivity index (χ0v) is 11.1. The standard InChI is InChI=1S/C15H16FNO2/c1-3-10-7-14(16)12(8-15(18)19-4-2)11-5-6-17-9-13(10)11/h5-7,9H,3-4,8H2,1-2H3. The van der Waals surface area contributed by atoms with Gasteiger partial charge in [-0.1, -0.05) is 6.92 Å². The molecule has 1 aromatic heterocycles. The van der Waals surface area contributed by atoms with Crippen molar-refractivity contribution in [2.45, 2.75) is 26.7 Å². The summed E-state index contributed by atoms with van der Waals surface area (Å²) in [4.78, 5) is 15.6. The third kappa shape index (κ3) is 2.72. The Morgan fingerprint density at radius 2 is 2.16 bits per heavy atom. The highest BCUT2D eigenvalue weighted by Gasteiger charge is 2.15. The molecule has 0 spiro atoms. The molecule has 0 atom stereocenters. The van der Waals surface area contributed by atoms with Crippen molar-refractivity contribution in [3.8, 4) is 0 Å². The first-order chi connectivity index (χ1) is 9.17. The first kappa shape index (κ1) is 13.5. The minimum absolute atomic E-state index is 0.0514. The van der Waals surface area contributed by atoms with Gasteiger partial charge in [0.15, 0.2) is 0 Å². The Balaban J connectivity index is 2.54. The fraction of sp³-hybridized carbons (Fsp3) is 0.333. The van der Waals surface area contributed by atoms with E-state index in [2.05, 4.69) is 4.98 Å². The van der Waals surface area contributed by atoms with Gasteiger partial charge in [-0.15, -0.1) is 0 Å². The summed E-state index contributed by atoms with van der Waals surface area (Å²) in [5.74, 6) is -0.771. The van der Waals surface area contributed by atoms with E-state index < -0.39 is 5.97 Å². The van der Waals surface area contributed by atoms with Crippen LogP contribution in [0.25, 0.3) is 10.8 Å². The molecule has 0 saturated carbocycles. The molecule has 0 unspecified atom stereocenters. The maximum atomic E-state index is 14.1. The molecule has 0 saturated heterocycles. The Labute approximate surface area is 111 Å². The maximum absolute atomic E-state index is 14.1. The minimum Gasteiger partial charge on any atom is -0.466 e. The second kappa shape index (κ2) is 5.78. The van der Waals surface area contributed by atoms with Crippen molar-refractivity contribution in [2.75, 3.05) is 6.61 Å². The monoisotopic (exact) mass is 261 g/mol. The molecule has 0 radical (unpaired) electrons. The number of carbonyl (C=O) groups is 1. The van der Waals surface area contributed by atoms with Gasteiger partial charge in [-0.3, -0.25) is 9.78 Å². The van der Waals surface area contributed by atoms with Crippen molar-refractivity contribution in [2.24, 2.45) is 0 Å². The summed E-state index contributed by atoms with van der Waals surface area (Å²) in [6.07, 6.45) is 3.99. The van der Waals surface area contributed by atoms with E-state index in [1.54, 1.807) is 25.4 Å². The van der Waals surface area contributed by atoms with E-state index in [-0.39, 0.29) is 12.2 Å². The van der Waals surface area contributed by atoms with Gasteiger partial charge in [0.05, 0.1) is 13.0 Å². The van der Waals surface area contributed by atoms with E-state index in [0.29, 0.717) is 12.2 Å². The van der Waals surface area contributed by atoms with Crippen molar-refractivity contribution in [3.05, 3.63) is 41.5 Å². The number of halogens is 1. The molecule has 0 bridgehead atoms. The Morgan fingerprint density at radius 1 is 1.37 bits per heavy atom. The summed E-state index contributed by atoms with van der Waals surface area (Å²) in [7, 11) is 0. The molecule has 100 valence electrons. The van der Waals surface area contributed by atoms with E-state index in [0.717, 1.165) is 22.8 Å². The van der Waals surface area contributed by atoms with Crippen LogP contribution in [0.5, 0.6) is 0 Å². The molecular weight excluding hydrogens is 245 g/mol. The Hall–Kier alpha value is -1.97. The highest BCUT2D eigenvalue weighted by Crippen LogP contribution is 2.26. The molecule has 19 heavy (non-hydrogen) atoms. The SMILES string of the molecule is CCOC(=O)Cc1c(F)cc(CC)c2cnccc12. The Morgan fingerprint density at radius 3 is 2.84 bits per heavy atom. The van der Waals surface area contributed by atoms with Gasteiger partial charge >= 0.3 is 5.97 Å². The van der Waals surface area contributed by atoms with Crippen molar-refractivity contribution in [1.29, 1.82) is 0 Å². The molecule has 1 heterocycles. The fourth-order valence-corrected chi connectivity index (χ4v) is 2.19. The summed E-state index contributed by atoms with van der Waals surface area (Å²) >= 11 is 0. The van der Waals surface area contributed by atoms with Crippen LogP contribution in [0.2, 0.25) is 0 Å². The molecule has 0 aliphatic heterocycles. The van der Waals surface area contributed by atoms with Crippen LogP contribution in [-0.2, 0) is 22.4 Å². The van der Waals surface area contributed by atoms with Gasteiger partial charge in [0.25, 0.3) is 0 Å². The van der Waals surface area contributed by atoms with E-state index in [4.69, 9.17) is 4.74 Å². The van der Waals surface area contributed by atoms with Gasteiger partial charge in [-0.2, -0.15) is 0 Å². The normalized spacial score (nSPS) is 10.7. The molecule has 0 aliphatic carbocycles. The van der Waals surface area contributed by atoms with Crippen LogP contribution in [0.1, 0.15) is 25.0 Å². The number of aromatic nitrogens is 1. The number of rotatable bonds is 4. The van der Waals surface area contributed by atoms with Crippen molar-refractivity contribution < 1.29 is 13.9 Å². The van der Waals surface area contributed by atoms with Gasteiger partial charge in [-0.25, -0.2) is 4.39 Å². The predicted molar refractivity (Wildman–Crippen MR) is 71.4 cm³/mol. The lowest BCUT2D eigenvalue weighted by Crippen LogP contribution is -2.10. The molecule has 1 aromatic carbocycles. The van der Waals surface area contributed by atoms with E-state index in [1.807, 2.05) is 6.92 Å². The first-order valence-corrected chi connectivity index (χ1v) is 6.37. The number of hydrogen-bond donors (Lipinski definition) is 0. The quantitative estimate of drug-likeness (QED) is 0.794. The molecule has 0 amide bonds. The molecule has 4 heteroatoms. The third-order valence-electron chi connectivity index (χ3n) is 3.09. The maximum Gasteiger partial charge on any atom is 0.310 e. The number of carbonyl (C=O) groups excluding carboxylic acids is 1. The van der Waals surface area contributed by atoms with Crippen LogP contribution < -0.4 is 0 Å².